The fourth-order valence-corrected chi connectivity index (χ4v) is 5.88. The molecule has 3 aliphatic carbocycles. The Kier molecular flexibility index (Phi) is 5.31. The number of unbranched alkanes of at least 4 members (excludes halogenated alkanes) is 1. The summed E-state index contributed by atoms with van der Waals surface area (Å²) in [5, 5.41) is 14.3. The van der Waals surface area contributed by atoms with Crippen LogP contribution in [0.5, 0.6) is 0 Å². The summed E-state index contributed by atoms with van der Waals surface area (Å²) in [5.74, 6) is 0.285. The van der Waals surface area contributed by atoms with Gasteiger partial charge in [0.05, 0.1) is 5.39 Å². The zero-order chi connectivity index (χ0) is 21.8. The Morgan fingerprint density at radius 3 is 2.90 bits per heavy atom. The molecule has 7 nitrogen and oxygen atoms in total. The molecular weight excluding hydrogens is 472 g/mol. The van der Waals surface area contributed by atoms with Gasteiger partial charge in [-0.3, -0.25) is 0 Å². The van der Waals surface area contributed by atoms with Gasteiger partial charge in [-0.1, -0.05) is 12.2 Å². The molecule has 3 saturated carbocycles. The van der Waals surface area contributed by atoms with Crippen LogP contribution >= 0.6 is 15.9 Å². The number of hydrogen-bond acceptors (Lipinski definition) is 6. The Labute approximate surface area is 187 Å². The van der Waals surface area contributed by atoms with Crippen LogP contribution in [-0.4, -0.2) is 56.8 Å². The van der Waals surface area contributed by atoms with Crippen LogP contribution in [0.25, 0.3) is 11.0 Å². The largest absolute Gasteiger partial charge is 0.387 e. The highest BCUT2D eigenvalue weighted by Crippen LogP contribution is 2.69. The number of aliphatic hydroxyl groups excluding tert-OH is 1. The topological polar surface area (TPSA) is 98.2 Å². The number of aromatic nitrogens is 3. The molecule has 4 N–H and O–H groups in total. The molecule has 0 spiro atoms. The van der Waals surface area contributed by atoms with E-state index in [0.29, 0.717) is 34.8 Å². The van der Waals surface area contributed by atoms with Crippen LogP contribution in [0.4, 0.5) is 14.6 Å². The van der Waals surface area contributed by atoms with Crippen LogP contribution < -0.4 is 11.1 Å². The molecule has 2 aromatic rings. The number of nitrogen functional groups attached to an aromatic ring is 1. The normalized spacial score (nSPS) is 36.8. The minimum absolute atomic E-state index is 0.213. The summed E-state index contributed by atoms with van der Waals surface area (Å²) in [6.07, 6.45) is 5.76. The Balaban J connectivity index is 1.13. The molecule has 3 heterocycles. The SMILES string of the molecule is Nc1ncnc2c1c(Br)cn2[C@@H]1O[C@H](/C=C/CCCNCC23CC(F)(C2)C3)[C@@H](O)[C@H]1F. The number of anilines is 1. The van der Waals surface area contributed by atoms with Crippen LogP contribution in [0.15, 0.2) is 29.1 Å². The number of fused-ring (bicyclic) bond motifs is 1. The average molecular weight is 498 g/mol. The van der Waals surface area contributed by atoms with E-state index in [4.69, 9.17) is 10.5 Å². The van der Waals surface area contributed by atoms with Crippen LogP contribution in [0.1, 0.15) is 38.3 Å². The summed E-state index contributed by atoms with van der Waals surface area (Å²) in [6, 6.07) is 0. The Morgan fingerprint density at radius 2 is 2.16 bits per heavy atom. The van der Waals surface area contributed by atoms with Gasteiger partial charge in [0.25, 0.3) is 0 Å². The molecule has 1 saturated heterocycles. The number of rotatable bonds is 8. The van der Waals surface area contributed by atoms with E-state index < -0.39 is 30.3 Å². The molecule has 10 heteroatoms. The molecule has 4 atom stereocenters. The van der Waals surface area contributed by atoms with Crippen molar-refractivity contribution < 1.29 is 18.6 Å². The van der Waals surface area contributed by atoms with Gasteiger partial charge in [0.15, 0.2) is 12.4 Å². The average Bonchev–Trinajstić information content (AvgIpc) is 3.17. The van der Waals surface area contributed by atoms with Gasteiger partial charge in [-0.2, -0.15) is 0 Å². The van der Waals surface area contributed by atoms with E-state index in [0.717, 1.165) is 25.9 Å². The Bertz CT molecular complexity index is 995. The summed E-state index contributed by atoms with van der Waals surface area (Å²) in [7, 11) is 0. The lowest BCUT2D eigenvalue weighted by Gasteiger charge is -2.66. The molecule has 0 aromatic carbocycles. The van der Waals surface area contributed by atoms with Crippen LogP contribution in [0, 0.1) is 5.41 Å². The predicted molar refractivity (Wildman–Crippen MR) is 116 cm³/mol. The smallest absolute Gasteiger partial charge is 0.174 e. The van der Waals surface area contributed by atoms with Gasteiger partial charge in [-0.15, -0.1) is 0 Å². The third-order valence-electron chi connectivity index (χ3n) is 6.72. The van der Waals surface area contributed by atoms with Gasteiger partial charge in [-0.05, 0) is 60.0 Å². The lowest BCUT2D eigenvalue weighted by atomic mass is 9.42. The lowest BCUT2D eigenvalue weighted by molar-refractivity contribution is -0.209. The molecule has 4 fully saturated rings. The van der Waals surface area contributed by atoms with E-state index in [9.17, 15) is 13.9 Å². The first-order chi connectivity index (χ1) is 14.8. The predicted octanol–water partition coefficient (Wildman–Crippen LogP) is 3.19. The zero-order valence-electron chi connectivity index (χ0n) is 17.0. The molecule has 6 rings (SSSR count). The number of halogens is 3. The van der Waals surface area contributed by atoms with Crippen molar-refractivity contribution in [2.24, 2.45) is 5.41 Å². The van der Waals surface area contributed by atoms with Gasteiger partial charge in [0.2, 0.25) is 0 Å². The van der Waals surface area contributed by atoms with Crippen molar-refractivity contribution in [3.8, 4) is 0 Å². The van der Waals surface area contributed by atoms with Crippen LogP contribution in [0.3, 0.4) is 0 Å². The van der Waals surface area contributed by atoms with Crippen molar-refractivity contribution in [1.82, 2.24) is 19.9 Å². The Morgan fingerprint density at radius 1 is 1.39 bits per heavy atom. The second-order valence-corrected chi connectivity index (χ2v) is 10.1. The van der Waals surface area contributed by atoms with E-state index in [2.05, 4.69) is 31.2 Å². The number of nitrogens with zero attached hydrogens (tertiary/aromatic N) is 3. The standard InChI is InChI=1S/C21H26BrF2N5O2/c22-12-6-29(18-14(12)17(25)27-11-28-18)19-15(23)16(30)13(31-19)4-2-1-3-5-26-10-20-7-21(24,8-20)9-20/h2,4,6,11,13,15-16,19,26,30H,1,3,5,7-10H2,(H2,25,27,28)/b4-2+/t13-,15-,16-,19-,20?,21?/m1/s1. The summed E-state index contributed by atoms with van der Waals surface area (Å²) < 4.78 is 36.4. The number of nitrogens with one attached hydrogen (secondary N) is 1. The number of aliphatic hydroxyl groups is 1. The van der Waals surface area contributed by atoms with Gasteiger partial charge in [-0.25, -0.2) is 18.7 Å². The molecule has 0 radical (unpaired) electrons. The van der Waals surface area contributed by atoms with Crippen molar-refractivity contribution in [2.75, 3.05) is 18.8 Å². The lowest BCUT2D eigenvalue weighted by Crippen LogP contribution is -2.67. The highest BCUT2D eigenvalue weighted by molar-refractivity contribution is 9.10. The highest BCUT2D eigenvalue weighted by Gasteiger charge is 2.68. The van der Waals surface area contributed by atoms with Crippen molar-refractivity contribution in [3.63, 3.8) is 0 Å². The number of alkyl halides is 2. The molecule has 2 bridgehead atoms. The van der Waals surface area contributed by atoms with Crippen LogP contribution in [0.2, 0.25) is 0 Å². The summed E-state index contributed by atoms with van der Waals surface area (Å²) >= 11 is 3.40. The van der Waals surface area contributed by atoms with Crippen molar-refractivity contribution >= 4 is 32.8 Å². The van der Waals surface area contributed by atoms with Gasteiger partial charge < -0.3 is 25.5 Å². The molecule has 0 unspecified atom stereocenters. The first-order valence-corrected chi connectivity index (χ1v) is 11.4. The summed E-state index contributed by atoms with van der Waals surface area (Å²) in [6.45, 7) is 1.73. The van der Waals surface area contributed by atoms with E-state index in [1.165, 1.54) is 10.9 Å². The first-order valence-electron chi connectivity index (χ1n) is 10.6. The van der Waals surface area contributed by atoms with Crippen molar-refractivity contribution in [1.29, 1.82) is 0 Å². The quantitative estimate of drug-likeness (QED) is 0.382. The molecule has 4 aliphatic rings. The van der Waals surface area contributed by atoms with E-state index in [1.807, 2.05) is 6.08 Å². The third kappa shape index (κ3) is 3.67. The van der Waals surface area contributed by atoms with E-state index in [-0.39, 0.29) is 11.2 Å². The van der Waals surface area contributed by atoms with Gasteiger partial charge in [0.1, 0.15) is 35.7 Å². The maximum atomic E-state index is 14.9. The number of ether oxygens (including phenoxy) is 1. The maximum absolute atomic E-state index is 14.9. The maximum Gasteiger partial charge on any atom is 0.174 e. The molecule has 0 amide bonds. The van der Waals surface area contributed by atoms with Gasteiger partial charge >= 0.3 is 0 Å². The third-order valence-corrected chi connectivity index (χ3v) is 7.33. The summed E-state index contributed by atoms with van der Waals surface area (Å²) in [4.78, 5) is 8.16. The number of hydrogen-bond donors (Lipinski definition) is 3. The Hall–Kier alpha value is -1.62. The summed E-state index contributed by atoms with van der Waals surface area (Å²) in [5.41, 5.74) is 5.71. The number of allylic oxidation sites excluding steroid dienone is 1. The highest BCUT2D eigenvalue weighted by atomic mass is 79.9. The molecular formula is C21H26BrF2N5O2. The number of nitrogens with two attached hydrogens (primary N) is 1. The molecule has 168 valence electrons. The van der Waals surface area contributed by atoms with Crippen LogP contribution in [-0.2, 0) is 4.74 Å². The van der Waals surface area contributed by atoms with E-state index in [1.54, 1.807) is 12.3 Å². The zero-order valence-corrected chi connectivity index (χ0v) is 18.6. The fourth-order valence-electron chi connectivity index (χ4n) is 5.28. The molecule has 1 aliphatic heterocycles. The fraction of sp³-hybridized carbons (Fsp3) is 0.619. The van der Waals surface area contributed by atoms with Crippen molar-refractivity contribution in [3.05, 3.63) is 29.1 Å². The molecule has 2 aromatic heterocycles. The van der Waals surface area contributed by atoms with Crippen molar-refractivity contribution in [2.45, 2.75) is 62.4 Å². The van der Waals surface area contributed by atoms with Gasteiger partial charge in [0, 0.05) is 17.2 Å². The minimum Gasteiger partial charge on any atom is -0.387 e. The molecule has 31 heavy (non-hydrogen) atoms. The first kappa shape index (κ1) is 21.2. The monoisotopic (exact) mass is 497 g/mol. The second kappa shape index (κ2) is 7.75. The second-order valence-electron chi connectivity index (χ2n) is 9.20. The minimum atomic E-state index is -1.61. The van der Waals surface area contributed by atoms with E-state index >= 15 is 0 Å².